The zero-order valence-corrected chi connectivity index (χ0v) is 20.2. The Morgan fingerprint density at radius 1 is 0.882 bits per heavy atom. The Hall–Kier alpha value is -2.95. The SMILES string of the molecule is C=C1CCC(=O)N1OC(=O)CCNC(=O)CC[15NH]C(=O)[13CH2][13CH2][15NH][13C](=O)CN1C(C)CCCC1C. The molecule has 2 unspecified atom stereocenters. The number of allylic oxidation sites excluding steroid dienone is 1. The van der Waals surface area contributed by atoms with E-state index in [1.54, 1.807) is 0 Å². The van der Waals surface area contributed by atoms with Gasteiger partial charge in [-0.25, -0.2) is 4.79 Å². The van der Waals surface area contributed by atoms with Gasteiger partial charge in [-0.2, -0.15) is 0 Å². The molecule has 2 rings (SSSR count). The molecule has 190 valence electrons. The number of hydroxylamine groups is 2. The maximum atomic E-state index is 12.2. The van der Waals surface area contributed by atoms with Gasteiger partial charge >= 0.3 is 5.97 Å². The van der Waals surface area contributed by atoms with Crippen LogP contribution in [0, 0.1) is 0 Å². The Labute approximate surface area is 200 Å². The average Bonchev–Trinajstić information content (AvgIpc) is 3.08. The highest BCUT2D eigenvalue weighted by atomic mass is 16.7. The van der Waals surface area contributed by atoms with Crippen LogP contribution < -0.4 is 16.0 Å². The maximum absolute atomic E-state index is 12.2. The van der Waals surface area contributed by atoms with Gasteiger partial charge in [-0.3, -0.25) is 24.1 Å². The third-order valence-electron chi connectivity index (χ3n) is 6.04. The summed E-state index contributed by atoms with van der Waals surface area (Å²) in [6.45, 7) is 8.69. The molecule has 0 radical (unpaired) electrons. The lowest BCUT2D eigenvalue weighted by Crippen LogP contribution is -2.49. The van der Waals surface area contributed by atoms with Crippen molar-refractivity contribution in [3.05, 3.63) is 12.3 Å². The Morgan fingerprint density at radius 3 is 1.94 bits per heavy atom. The summed E-state index contributed by atoms with van der Waals surface area (Å²) in [6.07, 6.45) is 4.17. The average molecular weight is 485 g/mol. The van der Waals surface area contributed by atoms with Crippen LogP contribution in [0.2, 0.25) is 0 Å². The van der Waals surface area contributed by atoms with E-state index >= 15 is 0 Å². The van der Waals surface area contributed by atoms with Crippen LogP contribution >= 0.6 is 0 Å². The lowest BCUT2D eigenvalue weighted by atomic mass is 9.98. The van der Waals surface area contributed by atoms with E-state index in [-0.39, 0.29) is 68.9 Å². The normalized spacial score (nSPS) is 20.7. The van der Waals surface area contributed by atoms with Gasteiger partial charge in [0.2, 0.25) is 17.7 Å². The molecule has 0 aliphatic carbocycles. The molecule has 2 heterocycles. The molecule has 3 N–H and O–H groups in total. The van der Waals surface area contributed by atoms with E-state index in [0.717, 1.165) is 17.9 Å². The summed E-state index contributed by atoms with van der Waals surface area (Å²) in [4.78, 5) is 66.4. The smallest absolute Gasteiger partial charge is 0.334 e. The van der Waals surface area contributed by atoms with Gasteiger partial charge in [0, 0.05) is 51.0 Å². The summed E-state index contributed by atoms with van der Waals surface area (Å²) in [5, 5.41) is 8.87. The number of nitrogens with one attached hydrogen (secondary N) is 3. The standard InChI is InChI=1S/C23H37N5O6/c1-16-5-4-6-17(2)27(16)15-21(31)26-13-10-19(29)24-12-9-20(30)25-14-11-23(33)34-28-18(3)7-8-22(28)32/h16-17H,3-15H2,1-2H3,(H,24,29)(H,25,30)(H,26,31)/i10+1,13+1,21+1,24+1,26+1. The van der Waals surface area contributed by atoms with Crippen molar-refractivity contribution in [2.45, 2.75) is 77.3 Å². The van der Waals surface area contributed by atoms with Crippen molar-refractivity contribution in [1.29, 1.82) is 0 Å². The molecule has 11 nitrogen and oxygen atoms in total. The summed E-state index contributed by atoms with van der Waals surface area (Å²) in [5.74, 6) is -1.63. The number of amides is 4. The summed E-state index contributed by atoms with van der Waals surface area (Å²) in [6, 6.07) is 0.757. The third-order valence-corrected chi connectivity index (χ3v) is 6.04. The van der Waals surface area contributed by atoms with Gasteiger partial charge in [-0.05, 0) is 33.1 Å². The highest BCUT2D eigenvalue weighted by Crippen LogP contribution is 2.22. The predicted octanol–water partition coefficient (Wildman–Crippen LogP) is 0.363. The van der Waals surface area contributed by atoms with Crippen LogP contribution in [0.15, 0.2) is 12.3 Å². The number of carbonyl (C=O) groups excluding carboxylic acids is 5. The van der Waals surface area contributed by atoms with Crippen molar-refractivity contribution in [3.8, 4) is 0 Å². The molecular formula is C23H37N5O6. The Kier molecular flexibility index (Phi) is 11.0. The monoisotopic (exact) mass is 484 g/mol. The highest BCUT2D eigenvalue weighted by Gasteiger charge is 2.28. The summed E-state index contributed by atoms with van der Waals surface area (Å²) >= 11 is 0. The second kappa shape index (κ2) is 13.7. The van der Waals surface area contributed by atoms with E-state index in [9.17, 15) is 24.0 Å². The first-order valence-corrected chi connectivity index (χ1v) is 11.9. The van der Waals surface area contributed by atoms with Crippen LogP contribution in [0.5, 0.6) is 0 Å². The molecule has 34 heavy (non-hydrogen) atoms. The van der Waals surface area contributed by atoms with Crippen LogP contribution in [-0.2, 0) is 28.8 Å². The first kappa shape index (κ1) is 27.3. The largest absolute Gasteiger partial charge is 0.356 e. The van der Waals surface area contributed by atoms with Gasteiger partial charge in [-0.1, -0.05) is 13.0 Å². The number of carbonyl (C=O) groups is 5. The van der Waals surface area contributed by atoms with E-state index < -0.39 is 5.97 Å². The number of likely N-dealkylation sites (tertiary alicyclic amines) is 1. The van der Waals surface area contributed by atoms with Crippen molar-refractivity contribution in [3.63, 3.8) is 0 Å². The number of piperidine rings is 1. The van der Waals surface area contributed by atoms with Crippen molar-refractivity contribution < 1.29 is 28.8 Å². The van der Waals surface area contributed by atoms with Gasteiger partial charge in [0.1, 0.15) is 0 Å². The molecule has 4 amide bonds. The molecule has 0 aromatic carbocycles. The zero-order valence-electron chi connectivity index (χ0n) is 20.2. The Bertz CT molecular complexity index is 760. The first-order valence-electron chi connectivity index (χ1n) is 11.9. The van der Waals surface area contributed by atoms with E-state index in [0.29, 0.717) is 30.7 Å². The van der Waals surface area contributed by atoms with E-state index in [2.05, 4.69) is 41.3 Å². The molecule has 2 fully saturated rings. The van der Waals surface area contributed by atoms with Crippen molar-refractivity contribution >= 4 is 29.6 Å². The van der Waals surface area contributed by atoms with Gasteiger partial charge < -0.3 is 20.8 Å². The minimum absolute atomic E-state index is 0.0549. The molecular weight excluding hydrogens is 447 g/mol. The van der Waals surface area contributed by atoms with E-state index in [4.69, 9.17) is 4.84 Å². The molecule has 0 aromatic rings. The number of nitrogens with zero attached hydrogens (tertiary/aromatic N) is 2. The van der Waals surface area contributed by atoms with Crippen LogP contribution in [0.1, 0.15) is 65.2 Å². The fourth-order valence-electron chi connectivity index (χ4n) is 4.01. The number of hydrogen-bond donors (Lipinski definition) is 3. The fraction of sp³-hybridized carbons (Fsp3) is 0.696. The van der Waals surface area contributed by atoms with Gasteiger partial charge in [0.25, 0.3) is 5.91 Å². The predicted molar refractivity (Wildman–Crippen MR) is 124 cm³/mol. The van der Waals surface area contributed by atoms with E-state index in [1.165, 1.54) is 6.42 Å². The topological polar surface area (TPSA) is 137 Å². The summed E-state index contributed by atoms with van der Waals surface area (Å²) < 4.78 is 0. The van der Waals surface area contributed by atoms with Crippen LogP contribution in [-0.4, -0.2) is 77.8 Å². The van der Waals surface area contributed by atoms with Gasteiger partial charge in [0.05, 0.1) is 18.7 Å². The molecule has 2 saturated heterocycles. The minimum atomic E-state index is -0.642. The quantitative estimate of drug-likeness (QED) is 0.269. The van der Waals surface area contributed by atoms with Crippen molar-refractivity contribution in [2.24, 2.45) is 0 Å². The summed E-state index contributed by atoms with van der Waals surface area (Å²) in [5.41, 5.74) is 0.434. The third kappa shape index (κ3) is 9.12. The molecule has 0 aromatic heterocycles. The maximum Gasteiger partial charge on any atom is 0.334 e. The Balaban J connectivity index is 1.49. The molecule has 0 spiro atoms. The second-order valence-electron chi connectivity index (χ2n) is 8.82. The lowest BCUT2D eigenvalue weighted by Gasteiger charge is -2.38. The van der Waals surface area contributed by atoms with Crippen molar-refractivity contribution in [2.75, 3.05) is 26.2 Å². The molecule has 0 bridgehead atoms. The van der Waals surface area contributed by atoms with Crippen LogP contribution in [0.4, 0.5) is 0 Å². The molecule has 2 atom stereocenters. The number of rotatable bonds is 12. The van der Waals surface area contributed by atoms with E-state index in [1.807, 2.05) is 0 Å². The Morgan fingerprint density at radius 2 is 1.41 bits per heavy atom. The fourth-order valence-corrected chi connectivity index (χ4v) is 4.01. The van der Waals surface area contributed by atoms with Gasteiger partial charge in [0.15, 0.2) is 0 Å². The molecule has 0 saturated carbocycles. The number of hydrogen-bond acceptors (Lipinski definition) is 7. The summed E-state index contributed by atoms with van der Waals surface area (Å²) in [7, 11) is 0. The van der Waals surface area contributed by atoms with Crippen LogP contribution in [0.25, 0.3) is 0 Å². The van der Waals surface area contributed by atoms with Gasteiger partial charge in [-0.15, -0.1) is 5.06 Å². The molecule has 2 aliphatic heterocycles. The lowest BCUT2D eigenvalue weighted by molar-refractivity contribution is -0.186. The minimum Gasteiger partial charge on any atom is -0.356 e. The first-order chi connectivity index (χ1) is 16.2. The second-order valence-corrected chi connectivity index (χ2v) is 8.82. The molecule has 2 aliphatic rings. The molecule has 11 heteroatoms. The zero-order chi connectivity index (χ0) is 25.1. The van der Waals surface area contributed by atoms with Crippen LogP contribution in [0.3, 0.4) is 0 Å². The highest BCUT2D eigenvalue weighted by molar-refractivity contribution is 5.83. The van der Waals surface area contributed by atoms with Crippen molar-refractivity contribution in [1.82, 2.24) is 25.9 Å².